The summed E-state index contributed by atoms with van der Waals surface area (Å²) in [7, 11) is -4.96. The third-order valence-electron chi connectivity index (χ3n) is 7.11. The van der Waals surface area contributed by atoms with E-state index < -0.39 is 60.2 Å². The molecule has 0 radical (unpaired) electrons. The molecule has 44 heavy (non-hydrogen) atoms. The molecule has 1 fully saturated rings. The van der Waals surface area contributed by atoms with Crippen LogP contribution in [0.2, 0.25) is 0 Å². The van der Waals surface area contributed by atoms with E-state index in [1.165, 1.54) is 0 Å². The first-order valence-corrected chi connectivity index (χ1v) is 16.2. The van der Waals surface area contributed by atoms with Gasteiger partial charge in [0.1, 0.15) is 23.5 Å². The second-order valence-corrected chi connectivity index (χ2v) is 12.7. The number of benzene rings is 3. The number of β-lactam (4-membered cyclic amide) rings is 1. The van der Waals surface area contributed by atoms with Crippen LogP contribution in [0, 0.1) is 0 Å². The molecule has 1 unspecified atom stereocenters. The average Bonchev–Trinajstić information content (AvgIpc) is 3.02. The van der Waals surface area contributed by atoms with E-state index in [4.69, 9.17) is 9.47 Å². The SMILES string of the molecule is CC(=O)OCC1=C(P(=O)(O)O)N2C(=O)[C@@H](NC(=O)C(C(=O)OC(c3ccccc3)c3ccccc3)c3ccccc3)[C@H]2SC1. The van der Waals surface area contributed by atoms with E-state index in [9.17, 15) is 33.5 Å². The van der Waals surface area contributed by atoms with Crippen LogP contribution in [0.25, 0.3) is 0 Å². The minimum absolute atomic E-state index is 0.0501. The zero-order valence-electron chi connectivity index (χ0n) is 23.4. The molecule has 3 N–H and O–H groups in total. The number of carbonyl (C=O) groups excluding carboxylic acids is 4. The Morgan fingerprint density at radius 3 is 1.95 bits per heavy atom. The van der Waals surface area contributed by atoms with Gasteiger partial charge in [0.05, 0.1) is 0 Å². The quantitative estimate of drug-likeness (QED) is 0.130. The fourth-order valence-electron chi connectivity index (χ4n) is 5.10. The number of ether oxygens (including phenoxy) is 2. The van der Waals surface area contributed by atoms with Crippen LogP contribution in [-0.4, -0.2) is 62.2 Å². The molecule has 11 nitrogen and oxygen atoms in total. The second kappa shape index (κ2) is 13.2. The van der Waals surface area contributed by atoms with Gasteiger partial charge in [0.25, 0.3) is 5.91 Å². The van der Waals surface area contributed by atoms with Crippen molar-refractivity contribution >= 4 is 43.1 Å². The van der Waals surface area contributed by atoms with E-state index in [1.54, 1.807) is 30.3 Å². The maximum Gasteiger partial charge on any atom is 0.372 e. The molecule has 2 aliphatic heterocycles. The van der Waals surface area contributed by atoms with Crippen LogP contribution in [-0.2, 0) is 33.2 Å². The normalized spacial score (nSPS) is 18.6. The van der Waals surface area contributed by atoms with Crippen molar-refractivity contribution in [2.75, 3.05) is 12.4 Å². The third-order valence-corrected chi connectivity index (χ3v) is 9.53. The van der Waals surface area contributed by atoms with Gasteiger partial charge in [-0.1, -0.05) is 91.0 Å². The highest BCUT2D eigenvalue weighted by molar-refractivity contribution is 8.00. The molecule has 0 spiro atoms. The van der Waals surface area contributed by atoms with Crippen LogP contribution in [0.4, 0.5) is 0 Å². The highest BCUT2D eigenvalue weighted by Gasteiger charge is 2.56. The molecule has 13 heteroatoms. The minimum atomic E-state index is -4.96. The van der Waals surface area contributed by atoms with E-state index in [0.717, 1.165) is 23.6 Å². The van der Waals surface area contributed by atoms with Gasteiger partial charge >= 0.3 is 19.5 Å². The van der Waals surface area contributed by atoms with Crippen molar-refractivity contribution < 1.29 is 43.0 Å². The number of rotatable bonds is 10. The van der Waals surface area contributed by atoms with Gasteiger partial charge in [0, 0.05) is 18.2 Å². The Labute approximate surface area is 257 Å². The summed E-state index contributed by atoms with van der Waals surface area (Å²) in [6.07, 6.45) is -0.815. The third kappa shape index (κ3) is 6.63. The Kier molecular flexibility index (Phi) is 9.36. The standard InChI is InChI=1S/C31H29N2O9PS/c1-19(34)41-17-23-18-44-30-25(28(36)33(30)29(23)43(38,39)40)32-27(35)24(20-11-5-2-6-12-20)31(37)42-26(21-13-7-3-8-14-21)22-15-9-4-10-16-22/h2-16,24-26,30H,17-18H2,1H3,(H,32,35)(H2,38,39,40)/t24?,25-,30-/m1/s1. The Bertz CT molecular complexity index is 1590. The van der Waals surface area contributed by atoms with E-state index in [0.29, 0.717) is 16.7 Å². The number of fused-ring (bicyclic) bond motifs is 1. The molecule has 0 aliphatic carbocycles. The van der Waals surface area contributed by atoms with E-state index in [-0.39, 0.29) is 17.9 Å². The van der Waals surface area contributed by atoms with Gasteiger partial charge in [-0.3, -0.25) is 28.6 Å². The summed E-state index contributed by atoms with van der Waals surface area (Å²) in [5.74, 6) is -4.44. The van der Waals surface area contributed by atoms with Crippen LogP contribution < -0.4 is 5.32 Å². The molecule has 3 aromatic carbocycles. The Morgan fingerprint density at radius 1 is 0.932 bits per heavy atom. The summed E-state index contributed by atoms with van der Waals surface area (Å²) in [5.41, 5.74) is 1.30. The van der Waals surface area contributed by atoms with Gasteiger partial charge in [0.15, 0.2) is 12.0 Å². The van der Waals surface area contributed by atoms with Crippen LogP contribution in [0.3, 0.4) is 0 Å². The second-order valence-electron chi connectivity index (χ2n) is 10.1. The molecule has 1 saturated heterocycles. The lowest BCUT2D eigenvalue weighted by molar-refractivity contribution is -0.154. The van der Waals surface area contributed by atoms with E-state index in [2.05, 4.69) is 5.32 Å². The number of esters is 2. The van der Waals surface area contributed by atoms with Crippen LogP contribution >= 0.6 is 19.4 Å². The Balaban J connectivity index is 1.40. The van der Waals surface area contributed by atoms with Crippen molar-refractivity contribution in [1.29, 1.82) is 0 Å². The summed E-state index contributed by atoms with van der Waals surface area (Å²) in [5, 5.41) is 1.78. The molecular formula is C31H29N2O9PS. The van der Waals surface area contributed by atoms with Gasteiger partial charge in [-0.15, -0.1) is 11.8 Å². The molecule has 2 heterocycles. The monoisotopic (exact) mass is 636 g/mol. The van der Waals surface area contributed by atoms with Crippen molar-refractivity contribution in [2.24, 2.45) is 0 Å². The largest absolute Gasteiger partial charge is 0.461 e. The molecule has 0 saturated carbocycles. The maximum atomic E-state index is 13.8. The molecule has 0 bridgehead atoms. The van der Waals surface area contributed by atoms with E-state index in [1.807, 2.05) is 60.7 Å². The van der Waals surface area contributed by atoms with Crippen molar-refractivity contribution in [3.05, 3.63) is 119 Å². The van der Waals surface area contributed by atoms with Gasteiger partial charge in [0.2, 0.25) is 5.91 Å². The first kappa shape index (κ1) is 31.2. The minimum Gasteiger partial charge on any atom is -0.461 e. The van der Waals surface area contributed by atoms with Gasteiger partial charge in [-0.05, 0) is 16.7 Å². The lowest BCUT2D eigenvalue weighted by atomic mass is 9.96. The van der Waals surface area contributed by atoms with Crippen LogP contribution in [0.1, 0.15) is 35.6 Å². The van der Waals surface area contributed by atoms with Crippen molar-refractivity contribution in [1.82, 2.24) is 10.2 Å². The summed E-state index contributed by atoms with van der Waals surface area (Å²) in [4.78, 5) is 73.1. The molecule has 0 aromatic heterocycles. The topological polar surface area (TPSA) is 160 Å². The highest BCUT2D eigenvalue weighted by Crippen LogP contribution is 2.56. The molecular weight excluding hydrogens is 607 g/mol. The zero-order valence-corrected chi connectivity index (χ0v) is 25.1. The summed E-state index contributed by atoms with van der Waals surface area (Å²) >= 11 is 1.15. The molecule has 5 rings (SSSR count). The highest BCUT2D eigenvalue weighted by atomic mass is 32.2. The van der Waals surface area contributed by atoms with Gasteiger partial charge in [-0.25, -0.2) is 0 Å². The summed E-state index contributed by atoms with van der Waals surface area (Å²) < 4.78 is 23.3. The molecule has 228 valence electrons. The average molecular weight is 637 g/mol. The number of hydrogen-bond donors (Lipinski definition) is 3. The van der Waals surface area contributed by atoms with Crippen molar-refractivity contribution in [3.8, 4) is 0 Å². The first-order valence-electron chi connectivity index (χ1n) is 13.6. The number of carbonyl (C=O) groups is 4. The lowest BCUT2D eigenvalue weighted by Gasteiger charge is -2.50. The zero-order chi connectivity index (χ0) is 31.4. The maximum absolute atomic E-state index is 13.8. The fourth-order valence-corrected chi connectivity index (χ4v) is 7.67. The smallest absolute Gasteiger partial charge is 0.372 e. The molecule has 3 aromatic rings. The van der Waals surface area contributed by atoms with Gasteiger partial charge < -0.3 is 24.6 Å². The van der Waals surface area contributed by atoms with Gasteiger partial charge in [-0.2, -0.15) is 0 Å². The first-order chi connectivity index (χ1) is 21.1. The van der Waals surface area contributed by atoms with Crippen molar-refractivity contribution in [2.45, 2.75) is 30.4 Å². The predicted molar refractivity (Wildman–Crippen MR) is 161 cm³/mol. The lowest BCUT2D eigenvalue weighted by Crippen LogP contribution is -2.70. The van der Waals surface area contributed by atoms with Crippen molar-refractivity contribution in [3.63, 3.8) is 0 Å². The number of amides is 2. The number of nitrogens with zero attached hydrogens (tertiary/aromatic N) is 1. The Hall–Kier alpha value is -4.22. The van der Waals surface area contributed by atoms with E-state index >= 15 is 0 Å². The molecule has 2 aliphatic rings. The Morgan fingerprint density at radius 2 is 1.45 bits per heavy atom. The predicted octanol–water partition coefficient (Wildman–Crippen LogP) is 3.46. The molecule has 3 atom stereocenters. The summed E-state index contributed by atoms with van der Waals surface area (Å²) in [6, 6.07) is 25.3. The fraction of sp³-hybridized carbons (Fsp3) is 0.226. The number of hydrogen-bond acceptors (Lipinski definition) is 8. The van der Waals surface area contributed by atoms with Crippen LogP contribution in [0.15, 0.2) is 102 Å². The number of nitrogens with one attached hydrogen (secondary N) is 1. The van der Waals surface area contributed by atoms with Crippen LogP contribution in [0.5, 0.6) is 0 Å². The molecule has 2 amide bonds. The summed E-state index contributed by atoms with van der Waals surface area (Å²) in [6.45, 7) is 0.773. The number of thioether (sulfide) groups is 1.